The molecule has 1 aliphatic heterocycles. The van der Waals surface area contributed by atoms with Gasteiger partial charge in [-0.25, -0.2) is 9.18 Å². The third-order valence-electron chi connectivity index (χ3n) is 5.30. The van der Waals surface area contributed by atoms with Gasteiger partial charge in [0.1, 0.15) is 5.82 Å². The molecule has 1 aliphatic rings. The van der Waals surface area contributed by atoms with Gasteiger partial charge in [0.25, 0.3) is 0 Å². The van der Waals surface area contributed by atoms with E-state index < -0.39 is 6.03 Å². The zero-order valence-electron chi connectivity index (χ0n) is 17.5. The number of imide groups is 1. The van der Waals surface area contributed by atoms with Gasteiger partial charge in [-0.1, -0.05) is 47.6 Å². The van der Waals surface area contributed by atoms with Crippen LogP contribution < -0.4 is 10.6 Å². The highest BCUT2D eigenvalue weighted by Crippen LogP contribution is 2.27. The van der Waals surface area contributed by atoms with E-state index in [1.54, 1.807) is 12.1 Å². The number of aromatic nitrogens is 2. The summed E-state index contributed by atoms with van der Waals surface area (Å²) in [4.78, 5) is 30.7. The lowest BCUT2D eigenvalue weighted by Gasteiger charge is -2.30. The van der Waals surface area contributed by atoms with Gasteiger partial charge in [-0.2, -0.15) is 4.98 Å². The highest BCUT2D eigenvalue weighted by Gasteiger charge is 2.27. The molecule has 0 saturated carbocycles. The van der Waals surface area contributed by atoms with Crippen molar-refractivity contribution in [3.05, 3.63) is 71.9 Å². The van der Waals surface area contributed by atoms with E-state index in [0.29, 0.717) is 30.4 Å². The molecule has 1 aromatic heterocycles. The first-order valence-electron chi connectivity index (χ1n) is 10.5. The van der Waals surface area contributed by atoms with Crippen LogP contribution in [0.3, 0.4) is 0 Å². The minimum atomic E-state index is -0.524. The third-order valence-corrected chi connectivity index (χ3v) is 5.30. The Labute approximate surface area is 184 Å². The molecular weight excluding hydrogens is 413 g/mol. The van der Waals surface area contributed by atoms with Crippen LogP contribution in [-0.4, -0.2) is 46.6 Å². The summed E-state index contributed by atoms with van der Waals surface area (Å²) in [7, 11) is 0. The molecule has 3 aromatic rings. The van der Waals surface area contributed by atoms with Gasteiger partial charge in [0.2, 0.25) is 17.6 Å². The molecule has 1 unspecified atom stereocenters. The lowest BCUT2D eigenvalue weighted by molar-refractivity contribution is -0.121. The summed E-state index contributed by atoms with van der Waals surface area (Å²) < 4.78 is 18.9. The van der Waals surface area contributed by atoms with Crippen molar-refractivity contribution >= 4 is 11.9 Å². The van der Waals surface area contributed by atoms with Gasteiger partial charge >= 0.3 is 6.03 Å². The first-order valence-corrected chi connectivity index (χ1v) is 10.5. The molecule has 166 valence electrons. The number of carbonyl (C=O) groups excluding carboxylic acids is 2. The van der Waals surface area contributed by atoms with Gasteiger partial charge in [0, 0.05) is 18.7 Å². The number of nitrogens with one attached hydrogen (secondary N) is 2. The zero-order chi connectivity index (χ0) is 22.3. The number of benzene rings is 2. The molecular formula is C23H24FN5O3. The Bertz CT molecular complexity index is 1070. The van der Waals surface area contributed by atoms with Gasteiger partial charge in [-0.05, 0) is 37.1 Å². The maximum absolute atomic E-state index is 13.5. The van der Waals surface area contributed by atoms with Crippen LogP contribution in [0.1, 0.15) is 30.2 Å². The third kappa shape index (κ3) is 5.76. The van der Waals surface area contributed by atoms with Gasteiger partial charge in [-0.3, -0.25) is 15.0 Å². The van der Waals surface area contributed by atoms with Crippen molar-refractivity contribution < 1.29 is 18.5 Å². The number of piperidine rings is 1. The molecule has 2 heterocycles. The fourth-order valence-corrected chi connectivity index (χ4v) is 3.74. The van der Waals surface area contributed by atoms with E-state index in [2.05, 4.69) is 20.8 Å². The molecule has 1 saturated heterocycles. The molecule has 1 fully saturated rings. The number of halogens is 1. The van der Waals surface area contributed by atoms with E-state index in [9.17, 15) is 14.0 Å². The Morgan fingerprint density at radius 2 is 2.00 bits per heavy atom. The second-order valence-corrected chi connectivity index (χ2v) is 7.76. The van der Waals surface area contributed by atoms with E-state index in [4.69, 9.17) is 4.52 Å². The predicted octanol–water partition coefficient (Wildman–Crippen LogP) is 3.08. The van der Waals surface area contributed by atoms with E-state index in [0.717, 1.165) is 24.9 Å². The molecule has 3 amide bonds. The van der Waals surface area contributed by atoms with Crippen LogP contribution in [0.15, 0.2) is 59.1 Å². The van der Waals surface area contributed by atoms with Crippen molar-refractivity contribution in [1.82, 2.24) is 25.7 Å². The maximum Gasteiger partial charge on any atom is 0.321 e. The molecule has 0 spiro atoms. The first-order chi connectivity index (χ1) is 15.6. The average Bonchev–Trinajstić information content (AvgIpc) is 3.29. The summed E-state index contributed by atoms with van der Waals surface area (Å²) in [5.74, 6) is 0.0383. The number of nitrogens with zero attached hydrogens (tertiary/aromatic N) is 3. The first kappa shape index (κ1) is 21.6. The van der Waals surface area contributed by atoms with Gasteiger partial charge in [0.15, 0.2) is 0 Å². The Kier molecular flexibility index (Phi) is 6.86. The maximum atomic E-state index is 13.5. The zero-order valence-corrected chi connectivity index (χ0v) is 17.5. The predicted molar refractivity (Wildman–Crippen MR) is 115 cm³/mol. The molecule has 2 aromatic carbocycles. The Hall–Kier alpha value is -3.59. The smallest absolute Gasteiger partial charge is 0.321 e. The number of amides is 3. The second-order valence-electron chi connectivity index (χ2n) is 7.76. The average molecular weight is 437 g/mol. The van der Waals surface area contributed by atoms with E-state index in [1.165, 1.54) is 12.1 Å². The largest absolute Gasteiger partial charge is 0.339 e. The molecule has 0 bridgehead atoms. The molecule has 4 rings (SSSR count). The molecule has 32 heavy (non-hydrogen) atoms. The lowest BCUT2D eigenvalue weighted by atomic mass is 9.98. The molecule has 8 nitrogen and oxygen atoms in total. The topological polar surface area (TPSA) is 100 Å². The monoisotopic (exact) mass is 437 g/mol. The number of carbonyl (C=O) groups is 2. The Balaban J connectivity index is 1.27. The number of likely N-dealkylation sites (tertiary alicyclic amines) is 1. The quantitative estimate of drug-likeness (QED) is 0.615. The second kappa shape index (κ2) is 10.1. The fraction of sp³-hybridized carbons (Fsp3) is 0.304. The van der Waals surface area contributed by atoms with Crippen LogP contribution in [-0.2, 0) is 11.3 Å². The highest BCUT2D eigenvalue weighted by molar-refractivity contribution is 5.95. The normalized spacial score (nSPS) is 16.5. The summed E-state index contributed by atoms with van der Waals surface area (Å²) in [5, 5.41) is 9.01. The minimum Gasteiger partial charge on any atom is -0.339 e. The number of urea groups is 1. The lowest BCUT2D eigenvalue weighted by Crippen LogP contribution is -2.46. The van der Waals surface area contributed by atoms with Gasteiger partial charge in [0.05, 0.1) is 12.5 Å². The van der Waals surface area contributed by atoms with Crippen molar-refractivity contribution in [3.63, 3.8) is 0 Å². The summed E-state index contributed by atoms with van der Waals surface area (Å²) in [5.41, 5.74) is 1.50. The summed E-state index contributed by atoms with van der Waals surface area (Å²) in [6.45, 7) is 1.74. The van der Waals surface area contributed by atoms with E-state index in [1.807, 2.05) is 35.2 Å². The van der Waals surface area contributed by atoms with Crippen molar-refractivity contribution in [2.24, 2.45) is 0 Å². The fourth-order valence-electron chi connectivity index (χ4n) is 3.74. The van der Waals surface area contributed by atoms with Gasteiger partial charge in [-0.15, -0.1) is 0 Å². The van der Waals surface area contributed by atoms with Crippen LogP contribution >= 0.6 is 0 Å². The van der Waals surface area contributed by atoms with Crippen LogP contribution in [0.4, 0.5) is 9.18 Å². The molecule has 2 N–H and O–H groups in total. The highest BCUT2D eigenvalue weighted by atomic mass is 19.1. The molecule has 9 heteroatoms. The summed E-state index contributed by atoms with van der Waals surface area (Å²) in [6.07, 6.45) is 1.70. The van der Waals surface area contributed by atoms with E-state index in [-0.39, 0.29) is 24.2 Å². The number of hydrogen-bond acceptors (Lipinski definition) is 6. The van der Waals surface area contributed by atoms with Crippen LogP contribution in [0.2, 0.25) is 0 Å². The van der Waals surface area contributed by atoms with Gasteiger partial charge < -0.3 is 9.84 Å². The van der Waals surface area contributed by atoms with Crippen LogP contribution in [0, 0.1) is 5.82 Å². The summed E-state index contributed by atoms with van der Waals surface area (Å²) in [6, 6.07) is 15.0. The van der Waals surface area contributed by atoms with Crippen LogP contribution in [0.5, 0.6) is 0 Å². The van der Waals surface area contributed by atoms with Crippen LogP contribution in [0.25, 0.3) is 11.4 Å². The number of rotatable bonds is 6. The number of hydrogen-bond donors (Lipinski definition) is 2. The summed E-state index contributed by atoms with van der Waals surface area (Å²) >= 11 is 0. The minimum absolute atomic E-state index is 0.0294. The van der Waals surface area contributed by atoms with E-state index >= 15 is 0 Å². The SMILES string of the molecule is O=C(CN1CCCC(c2nc(-c3cccc(F)c3)no2)C1)NC(=O)NCc1ccccc1. The molecule has 1 atom stereocenters. The van der Waals surface area contributed by atoms with Crippen molar-refractivity contribution in [3.8, 4) is 11.4 Å². The Morgan fingerprint density at radius 3 is 2.81 bits per heavy atom. The Morgan fingerprint density at radius 1 is 1.16 bits per heavy atom. The van der Waals surface area contributed by atoms with Crippen molar-refractivity contribution in [2.45, 2.75) is 25.3 Å². The molecule has 0 aliphatic carbocycles. The molecule has 0 radical (unpaired) electrons. The standard InChI is InChI=1S/C23H24FN5O3/c24-19-10-4-8-17(12-19)21-27-22(32-28-21)18-9-5-11-29(14-18)15-20(30)26-23(31)25-13-16-6-2-1-3-7-16/h1-4,6-8,10,12,18H,5,9,11,13-15H2,(H2,25,26,30,31). The van der Waals surface area contributed by atoms with Crippen molar-refractivity contribution in [1.29, 1.82) is 0 Å². The van der Waals surface area contributed by atoms with Crippen molar-refractivity contribution in [2.75, 3.05) is 19.6 Å².